The number of nitrogens with zero attached hydrogens (tertiary/aromatic N) is 3. The molecule has 0 atom stereocenters. The summed E-state index contributed by atoms with van der Waals surface area (Å²) in [5, 5.41) is 11.8. The molecule has 2 rings (SSSR count). The Balaban J connectivity index is 2.19. The predicted octanol–water partition coefficient (Wildman–Crippen LogP) is 2.41. The molecule has 3 N–H and O–H groups in total. The van der Waals surface area contributed by atoms with Crippen LogP contribution in [0.25, 0.3) is 0 Å². The van der Waals surface area contributed by atoms with Crippen molar-refractivity contribution in [1.82, 2.24) is 9.78 Å². The van der Waals surface area contributed by atoms with Gasteiger partial charge in [-0.2, -0.15) is 5.10 Å². The first-order valence-corrected chi connectivity index (χ1v) is 7.03. The Morgan fingerprint density at radius 2 is 2.00 bits per heavy atom. The lowest BCUT2D eigenvalue weighted by atomic mass is 10.2. The Morgan fingerprint density at radius 3 is 2.45 bits per heavy atom. The second kappa shape index (κ2) is 5.66. The monoisotopic (exact) mass is 335 g/mol. The maximum Gasteiger partial charge on any atom is 0.122 e. The number of hydrogen-bond donors (Lipinski definition) is 2. The Morgan fingerprint density at radius 1 is 1.40 bits per heavy atom. The highest BCUT2D eigenvalue weighted by Crippen LogP contribution is 2.23. The number of aryl methyl sites for hydroxylation is 2. The SMILES string of the molecule is Cc1nn(C)c(CN(C)c2ccc(C(=N)N)cc2)c1Br. The van der Waals surface area contributed by atoms with Gasteiger partial charge in [-0.15, -0.1) is 0 Å². The molecule has 0 aliphatic heterocycles. The van der Waals surface area contributed by atoms with Crippen LogP contribution in [0.15, 0.2) is 28.7 Å². The van der Waals surface area contributed by atoms with Gasteiger partial charge in [-0.25, -0.2) is 0 Å². The molecule has 0 unspecified atom stereocenters. The average molecular weight is 336 g/mol. The van der Waals surface area contributed by atoms with Crippen LogP contribution < -0.4 is 10.6 Å². The molecule has 2 aromatic rings. The van der Waals surface area contributed by atoms with Crippen LogP contribution in [0.5, 0.6) is 0 Å². The fraction of sp³-hybridized carbons (Fsp3) is 0.286. The largest absolute Gasteiger partial charge is 0.384 e. The molecule has 0 radical (unpaired) electrons. The van der Waals surface area contributed by atoms with Crippen LogP contribution >= 0.6 is 15.9 Å². The number of amidine groups is 1. The molecule has 0 bridgehead atoms. The lowest BCUT2D eigenvalue weighted by Gasteiger charge is -2.20. The number of benzene rings is 1. The molecule has 1 heterocycles. The summed E-state index contributed by atoms with van der Waals surface area (Å²) in [4.78, 5) is 2.13. The van der Waals surface area contributed by atoms with Crippen LogP contribution in [0, 0.1) is 12.3 Å². The summed E-state index contributed by atoms with van der Waals surface area (Å²) in [6.45, 7) is 2.73. The van der Waals surface area contributed by atoms with E-state index in [-0.39, 0.29) is 5.84 Å². The zero-order valence-electron chi connectivity index (χ0n) is 11.8. The molecular formula is C14H18BrN5. The third-order valence-corrected chi connectivity index (χ3v) is 4.30. The number of anilines is 1. The van der Waals surface area contributed by atoms with E-state index in [2.05, 4.69) is 25.9 Å². The first kappa shape index (κ1) is 14.6. The quantitative estimate of drug-likeness (QED) is 0.665. The van der Waals surface area contributed by atoms with Gasteiger partial charge in [0, 0.05) is 25.3 Å². The van der Waals surface area contributed by atoms with Gasteiger partial charge in [0.15, 0.2) is 0 Å². The second-order valence-corrected chi connectivity index (χ2v) is 5.58. The van der Waals surface area contributed by atoms with E-state index in [1.807, 2.05) is 50.0 Å². The first-order valence-electron chi connectivity index (χ1n) is 6.23. The van der Waals surface area contributed by atoms with Crippen molar-refractivity contribution in [1.29, 1.82) is 5.41 Å². The highest BCUT2D eigenvalue weighted by atomic mass is 79.9. The number of rotatable bonds is 4. The topological polar surface area (TPSA) is 70.9 Å². The molecular weight excluding hydrogens is 318 g/mol. The van der Waals surface area contributed by atoms with Crippen LogP contribution in [0.4, 0.5) is 5.69 Å². The van der Waals surface area contributed by atoms with Gasteiger partial charge in [-0.05, 0) is 47.1 Å². The van der Waals surface area contributed by atoms with Crippen molar-refractivity contribution >= 4 is 27.5 Å². The maximum atomic E-state index is 7.40. The highest BCUT2D eigenvalue weighted by Gasteiger charge is 2.13. The predicted molar refractivity (Wildman–Crippen MR) is 85.2 cm³/mol. The number of aromatic nitrogens is 2. The van der Waals surface area contributed by atoms with Crippen molar-refractivity contribution in [3.05, 3.63) is 45.7 Å². The normalized spacial score (nSPS) is 10.6. The first-order chi connectivity index (χ1) is 9.40. The summed E-state index contributed by atoms with van der Waals surface area (Å²) in [6, 6.07) is 7.65. The number of hydrogen-bond acceptors (Lipinski definition) is 3. The standard InChI is InChI=1S/C14H18BrN5/c1-9-13(15)12(20(3)18-9)8-19(2)11-6-4-10(5-7-11)14(16)17/h4-7H,8H2,1-3H3,(H3,16,17). The zero-order valence-corrected chi connectivity index (χ0v) is 13.4. The van der Waals surface area contributed by atoms with Crippen molar-refractivity contribution in [3.8, 4) is 0 Å². The summed E-state index contributed by atoms with van der Waals surface area (Å²) in [7, 11) is 3.97. The fourth-order valence-electron chi connectivity index (χ4n) is 2.06. The molecule has 20 heavy (non-hydrogen) atoms. The van der Waals surface area contributed by atoms with Crippen molar-refractivity contribution in [2.45, 2.75) is 13.5 Å². The second-order valence-electron chi connectivity index (χ2n) is 4.79. The molecule has 1 aromatic carbocycles. The van der Waals surface area contributed by atoms with Crippen LogP contribution in [-0.2, 0) is 13.6 Å². The number of nitrogen functional groups attached to an aromatic ring is 1. The van der Waals surface area contributed by atoms with Gasteiger partial charge >= 0.3 is 0 Å². The fourth-order valence-corrected chi connectivity index (χ4v) is 2.52. The number of nitrogens with two attached hydrogens (primary N) is 1. The Kier molecular flexibility index (Phi) is 4.13. The van der Waals surface area contributed by atoms with Gasteiger partial charge in [0.2, 0.25) is 0 Å². The van der Waals surface area contributed by atoms with Crippen LogP contribution in [0.1, 0.15) is 17.0 Å². The van der Waals surface area contributed by atoms with Gasteiger partial charge in [-0.1, -0.05) is 0 Å². The van der Waals surface area contributed by atoms with E-state index in [0.717, 1.165) is 33.7 Å². The van der Waals surface area contributed by atoms with E-state index in [0.29, 0.717) is 0 Å². The maximum absolute atomic E-state index is 7.40. The van der Waals surface area contributed by atoms with Crippen molar-refractivity contribution in [3.63, 3.8) is 0 Å². The van der Waals surface area contributed by atoms with Gasteiger partial charge in [0.25, 0.3) is 0 Å². The van der Waals surface area contributed by atoms with Crippen LogP contribution in [0.2, 0.25) is 0 Å². The molecule has 0 saturated heterocycles. The summed E-state index contributed by atoms with van der Waals surface area (Å²) >= 11 is 3.58. The summed E-state index contributed by atoms with van der Waals surface area (Å²) < 4.78 is 2.94. The van der Waals surface area contributed by atoms with E-state index in [4.69, 9.17) is 11.1 Å². The lowest BCUT2D eigenvalue weighted by molar-refractivity contribution is 0.693. The Hall–Kier alpha value is -1.82. The van der Waals surface area contributed by atoms with E-state index < -0.39 is 0 Å². The van der Waals surface area contributed by atoms with Crippen LogP contribution in [-0.4, -0.2) is 22.7 Å². The van der Waals surface area contributed by atoms with Crippen molar-refractivity contribution < 1.29 is 0 Å². The molecule has 0 fully saturated rings. The van der Waals surface area contributed by atoms with Crippen LogP contribution in [0.3, 0.4) is 0 Å². The summed E-state index contributed by atoms with van der Waals surface area (Å²) in [5.41, 5.74) is 9.38. The molecule has 1 aromatic heterocycles. The van der Waals surface area contributed by atoms with E-state index >= 15 is 0 Å². The third kappa shape index (κ3) is 2.85. The minimum atomic E-state index is 0.0872. The molecule has 0 aliphatic rings. The highest BCUT2D eigenvalue weighted by molar-refractivity contribution is 9.10. The molecule has 0 spiro atoms. The third-order valence-electron chi connectivity index (χ3n) is 3.27. The molecule has 6 heteroatoms. The summed E-state index contributed by atoms with van der Waals surface area (Å²) in [5.74, 6) is 0.0872. The molecule has 0 aliphatic carbocycles. The minimum absolute atomic E-state index is 0.0872. The smallest absolute Gasteiger partial charge is 0.122 e. The molecule has 0 saturated carbocycles. The van der Waals surface area contributed by atoms with E-state index in [9.17, 15) is 0 Å². The number of halogens is 1. The molecule has 0 amide bonds. The van der Waals surface area contributed by atoms with Gasteiger partial charge in [0.1, 0.15) is 5.84 Å². The van der Waals surface area contributed by atoms with E-state index in [1.165, 1.54) is 0 Å². The molecule has 5 nitrogen and oxygen atoms in total. The Bertz CT molecular complexity index is 630. The average Bonchev–Trinajstić information content (AvgIpc) is 2.65. The van der Waals surface area contributed by atoms with Gasteiger partial charge in [0.05, 0.1) is 22.4 Å². The lowest BCUT2D eigenvalue weighted by Crippen LogP contribution is -2.19. The minimum Gasteiger partial charge on any atom is -0.384 e. The number of nitrogens with one attached hydrogen (secondary N) is 1. The van der Waals surface area contributed by atoms with Crippen molar-refractivity contribution in [2.75, 3.05) is 11.9 Å². The van der Waals surface area contributed by atoms with Gasteiger partial charge in [-0.3, -0.25) is 10.1 Å². The van der Waals surface area contributed by atoms with Gasteiger partial charge < -0.3 is 10.6 Å². The molecule has 106 valence electrons. The van der Waals surface area contributed by atoms with Crippen molar-refractivity contribution in [2.24, 2.45) is 12.8 Å². The summed E-state index contributed by atoms with van der Waals surface area (Å²) in [6.07, 6.45) is 0. The zero-order chi connectivity index (χ0) is 14.9. The van der Waals surface area contributed by atoms with E-state index in [1.54, 1.807) is 0 Å². The Labute approximate surface area is 127 Å².